The molecule has 0 aliphatic rings. The van der Waals surface area contributed by atoms with E-state index in [1.807, 2.05) is 0 Å². The fourth-order valence-electron chi connectivity index (χ4n) is 10.2. The number of hydrogen-bond acceptors (Lipinski definition) is 8. The second-order valence-corrected chi connectivity index (χ2v) is 22.7. The summed E-state index contributed by atoms with van der Waals surface area (Å²) in [5.41, 5.74) is 0. The van der Waals surface area contributed by atoms with E-state index in [-0.39, 0.29) is 74.7 Å². The van der Waals surface area contributed by atoms with E-state index in [0.29, 0.717) is 12.8 Å². The van der Waals surface area contributed by atoms with Crippen LogP contribution in [0.4, 0.5) is 0 Å². The van der Waals surface area contributed by atoms with Crippen molar-refractivity contribution in [1.82, 2.24) is 0 Å². The summed E-state index contributed by atoms with van der Waals surface area (Å²) in [7, 11) is 0. The Morgan fingerprint density at radius 3 is 0.640 bits per heavy atom. The third-order valence-corrected chi connectivity index (χ3v) is 15.1. The van der Waals surface area contributed by atoms with Crippen LogP contribution < -0.4 is 10.2 Å². The number of hydrogen-bond donors (Lipinski definition) is 0. The van der Waals surface area contributed by atoms with Crippen LogP contribution in [-0.4, -0.2) is 73.8 Å². The van der Waals surface area contributed by atoms with Crippen LogP contribution in [0.2, 0.25) is 0 Å². The van der Waals surface area contributed by atoms with E-state index in [1.54, 1.807) is 0 Å². The molecule has 2 atom stereocenters. The molecule has 2 unspecified atom stereocenters. The van der Waals surface area contributed by atoms with Crippen LogP contribution in [0.3, 0.4) is 0 Å². The van der Waals surface area contributed by atoms with E-state index in [9.17, 15) is 29.4 Å². The first kappa shape index (κ1) is 78.4. The molecular formula is C66H126CaO8. The summed E-state index contributed by atoms with van der Waals surface area (Å²) >= 11 is 0. The van der Waals surface area contributed by atoms with Gasteiger partial charge in [-0.15, -0.1) is 0 Å². The Bertz CT molecular complexity index is 1080. The van der Waals surface area contributed by atoms with E-state index in [2.05, 4.69) is 27.7 Å². The van der Waals surface area contributed by atoms with Crippen molar-refractivity contribution in [1.29, 1.82) is 0 Å². The van der Waals surface area contributed by atoms with Gasteiger partial charge in [0.05, 0.1) is 0 Å². The van der Waals surface area contributed by atoms with Gasteiger partial charge in [-0.05, 0) is 77.0 Å². The maximum absolute atomic E-state index is 12.4. The first-order valence-electron chi connectivity index (χ1n) is 33.0. The molecule has 0 aromatic carbocycles. The molecule has 9 heteroatoms. The van der Waals surface area contributed by atoms with Crippen LogP contribution in [0.1, 0.15) is 387 Å². The summed E-state index contributed by atoms with van der Waals surface area (Å²) in [6, 6.07) is 0. The topological polar surface area (TPSA) is 133 Å². The zero-order chi connectivity index (χ0) is 54.5. The maximum atomic E-state index is 12.4. The number of ether oxygens (including phenoxy) is 2. The predicted molar refractivity (Wildman–Crippen MR) is 317 cm³/mol. The second kappa shape index (κ2) is 67.4. The molecule has 0 amide bonds. The van der Waals surface area contributed by atoms with Crippen LogP contribution in [-0.2, 0) is 28.7 Å². The molecule has 440 valence electrons. The molecule has 0 heterocycles. The molecule has 0 aliphatic heterocycles. The van der Waals surface area contributed by atoms with E-state index in [0.717, 1.165) is 128 Å². The standard InChI is InChI=1S/2C33H64O4.Ca/c2*1-3-5-7-8-9-10-11-12-17-20-23-26-30-33(36)37-31(27-6-4-2)28-24-21-18-15-13-14-16-19-22-25-29-32(34)35;/h2*31H,3-30H2,1-2H3,(H,34,35);/q;;+2/p-2. The van der Waals surface area contributed by atoms with Crippen molar-refractivity contribution < 1.29 is 38.9 Å². The second-order valence-electron chi connectivity index (χ2n) is 22.7. The van der Waals surface area contributed by atoms with Crippen LogP contribution >= 0.6 is 0 Å². The van der Waals surface area contributed by atoms with Gasteiger partial charge < -0.3 is 29.3 Å². The number of rotatable bonds is 60. The van der Waals surface area contributed by atoms with Crippen LogP contribution in [0.15, 0.2) is 0 Å². The van der Waals surface area contributed by atoms with Gasteiger partial charge in [0, 0.05) is 24.8 Å². The van der Waals surface area contributed by atoms with Gasteiger partial charge >= 0.3 is 49.7 Å². The molecule has 0 fully saturated rings. The molecule has 0 aromatic rings. The first-order valence-corrected chi connectivity index (χ1v) is 33.0. The fraction of sp³-hybridized carbons (Fsp3) is 0.939. The van der Waals surface area contributed by atoms with E-state index in [1.165, 1.54) is 205 Å². The number of unbranched alkanes of at least 4 members (excludes halogenated alkanes) is 42. The van der Waals surface area contributed by atoms with E-state index < -0.39 is 11.9 Å². The number of carbonyl (C=O) groups excluding carboxylic acids is 4. The zero-order valence-corrected chi connectivity index (χ0v) is 52.9. The Kier molecular flexibility index (Phi) is 70.4. The molecule has 0 spiro atoms. The normalized spacial score (nSPS) is 11.9. The third kappa shape index (κ3) is 69.2. The molecular weight excluding hydrogens is 961 g/mol. The quantitative estimate of drug-likeness (QED) is 0.0334. The Morgan fingerprint density at radius 1 is 0.253 bits per heavy atom. The first-order chi connectivity index (χ1) is 36.2. The average molecular weight is 1090 g/mol. The van der Waals surface area contributed by atoms with Gasteiger partial charge in [0.25, 0.3) is 0 Å². The smallest absolute Gasteiger partial charge is 0.550 e. The van der Waals surface area contributed by atoms with Gasteiger partial charge in [0.1, 0.15) is 12.2 Å². The molecule has 0 aromatic heterocycles. The summed E-state index contributed by atoms with van der Waals surface area (Å²) in [6.07, 6.45) is 65.1. The molecule has 0 bridgehead atoms. The number of carboxylic acids is 2. The maximum Gasteiger partial charge on any atom is 2.00 e. The Balaban J connectivity index is -0.00000136. The van der Waals surface area contributed by atoms with Crippen molar-refractivity contribution in [3.05, 3.63) is 0 Å². The molecule has 0 radical (unpaired) electrons. The Morgan fingerprint density at radius 2 is 0.427 bits per heavy atom. The van der Waals surface area contributed by atoms with Gasteiger partial charge in [0.15, 0.2) is 0 Å². The van der Waals surface area contributed by atoms with Crippen molar-refractivity contribution in [3.8, 4) is 0 Å². The summed E-state index contributed by atoms with van der Waals surface area (Å²) < 4.78 is 11.8. The largest absolute Gasteiger partial charge is 2.00 e. The van der Waals surface area contributed by atoms with Crippen LogP contribution in [0.25, 0.3) is 0 Å². The SMILES string of the molecule is CCCCCCCCCCCCCCC(=O)OC(CCCC)CCCCCCCCCCCCC(=O)[O-].CCCCCCCCCCCCCCC(=O)OC(CCCC)CCCCCCCCCCCCC(=O)[O-].[Ca+2]. The average Bonchev–Trinajstić information content (AvgIpc) is 3.38. The molecule has 8 nitrogen and oxygen atoms in total. The molecule has 0 aliphatic carbocycles. The fourth-order valence-corrected chi connectivity index (χ4v) is 10.2. The van der Waals surface area contributed by atoms with Crippen molar-refractivity contribution in [2.45, 2.75) is 399 Å². The van der Waals surface area contributed by atoms with Crippen LogP contribution in [0.5, 0.6) is 0 Å². The number of esters is 2. The van der Waals surface area contributed by atoms with Crippen LogP contribution in [0, 0.1) is 0 Å². The third-order valence-electron chi connectivity index (χ3n) is 15.1. The molecule has 0 N–H and O–H groups in total. The zero-order valence-electron chi connectivity index (χ0n) is 50.7. The number of carbonyl (C=O) groups is 4. The Labute approximate surface area is 496 Å². The molecule has 0 rings (SSSR count). The molecule has 0 saturated heterocycles. The summed E-state index contributed by atoms with van der Waals surface area (Å²) in [5, 5.41) is 20.8. The monoisotopic (exact) mass is 1090 g/mol. The van der Waals surface area contributed by atoms with Crippen molar-refractivity contribution >= 4 is 61.6 Å². The molecule has 0 saturated carbocycles. The number of carboxylic acid groups (broad SMARTS) is 2. The van der Waals surface area contributed by atoms with Gasteiger partial charge in [-0.1, -0.05) is 297 Å². The summed E-state index contributed by atoms with van der Waals surface area (Å²) in [5.74, 6) is -1.81. The minimum atomic E-state index is -0.925. The molecule has 75 heavy (non-hydrogen) atoms. The van der Waals surface area contributed by atoms with E-state index >= 15 is 0 Å². The van der Waals surface area contributed by atoms with E-state index in [4.69, 9.17) is 9.47 Å². The predicted octanol–water partition coefficient (Wildman–Crippen LogP) is 18.8. The summed E-state index contributed by atoms with van der Waals surface area (Å²) in [6.45, 7) is 8.95. The number of aliphatic carboxylic acids is 2. The van der Waals surface area contributed by atoms with Gasteiger partial charge in [-0.3, -0.25) is 9.59 Å². The van der Waals surface area contributed by atoms with Crippen molar-refractivity contribution in [3.63, 3.8) is 0 Å². The minimum absolute atomic E-state index is 0. The summed E-state index contributed by atoms with van der Waals surface area (Å²) in [4.78, 5) is 45.5. The van der Waals surface area contributed by atoms with Gasteiger partial charge in [-0.2, -0.15) is 0 Å². The van der Waals surface area contributed by atoms with Crippen molar-refractivity contribution in [2.24, 2.45) is 0 Å². The minimum Gasteiger partial charge on any atom is -0.550 e. The Hall–Kier alpha value is -0.860. The van der Waals surface area contributed by atoms with Crippen molar-refractivity contribution in [2.75, 3.05) is 0 Å². The van der Waals surface area contributed by atoms with Gasteiger partial charge in [0.2, 0.25) is 0 Å². The van der Waals surface area contributed by atoms with Gasteiger partial charge in [-0.25, -0.2) is 0 Å².